The Labute approximate surface area is 90.5 Å². The first-order valence-corrected chi connectivity index (χ1v) is 5.60. The van der Waals surface area contributed by atoms with Crippen molar-refractivity contribution < 1.29 is 0 Å². The standard InChI is InChI=1S/C12H16N3/c1-2-4-11-10(3-1)9-14-12(11)15-7-5-13-6-8-15/h1-4,13-14H,5-9H2. The van der Waals surface area contributed by atoms with Gasteiger partial charge in [0, 0.05) is 32.7 Å². The molecular weight excluding hydrogens is 186 g/mol. The molecule has 0 aromatic heterocycles. The van der Waals surface area contributed by atoms with Crippen molar-refractivity contribution in [3.05, 3.63) is 41.6 Å². The summed E-state index contributed by atoms with van der Waals surface area (Å²) in [5.41, 5.74) is 2.81. The number of hydrogen-bond donors (Lipinski definition) is 2. The van der Waals surface area contributed by atoms with E-state index in [4.69, 9.17) is 0 Å². The fourth-order valence-corrected chi connectivity index (χ4v) is 2.35. The van der Waals surface area contributed by atoms with Crippen LogP contribution in [0.15, 0.2) is 24.3 Å². The molecular formula is C12H16N3. The summed E-state index contributed by atoms with van der Waals surface area (Å²) in [6.45, 7) is 5.38. The zero-order chi connectivity index (χ0) is 10.1. The number of benzene rings is 1. The molecule has 3 rings (SSSR count). The molecule has 2 aliphatic rings. The SMILES string of the molecule is c1ccc2c(c1)CN[C]2N1CCNCC1. The lowest BCUT2D eigenvalue weighted by atomic mass is 10.1. The fraction of sp³-hybridized carbons (Fsp3) is 0.417. The van der Waals surface area contributed by atoms with Gasteiger partial charge in [0.1, 0.15) is 6.17 Å². The van der Waals surface area contributed by atoms with Crippen molar-refractivity contribution in [3.8, 4) is 0 Å². The van der Waals surface area contributed by atoms with Gasteiger partial charge in [0.2, 0.25) is 0 Å². The first-order valence-electron chi connectivity index (χ1n) is 5.60. The third-order valence-electron chi connectivity index (χ3n) is 3.15. The lowest BCUT2D eigenvalue weighted by molar-refractivity contribution is 0.245. The van der Waals surface area contributed by atoms with E-state index in [9.17, 15) is 0 Å². The molecule has 3 heteroatoms. The molecule has 2 heterocycles. The van der Waals surface area contributed by atoms with Crippen molar-refractivity contribution in [2.45, 2.75) is 6.54 Å². The maximum Gasteiger partial charge on any atom is 0.135 e. The minimum Gasteiger partial charge on any atom is -0.314 e. The number of nitrogens with one attached hydrogen (secondary N) is 2. The normalized spacial score (nSPS) is 22.9. The van der Waals surface area contributed by atoms with E-state index in [-0.39, 0.29) is 0 Å². The van der Waals surface area contributed by atoms with Crippen LogP contribution in [0.5, 0.6) is 0 Å². The zero-order valence-electron chi connectivity index (χ0n) is 8.79. The monoisotopic (exact) mass is 202 g/mol. The van der Waals surface area contributed by atoms with Gasteiger partial charge in [-0.15, -0.1) is 0 Å². The molecule has 1 aromatic rings. The van der Waals surface area contributed by atoms with Gasteiger partial charge >= 0.3 is 0 Å². The van der Waals surface area contributed by atoms with Crippen LogP contribution in [0.1, 0.15) is 11.1 Å². The van der Waals surface area contributed by atoms with E-state index in [1.165, 1.54) is 17.3 Å². The van der Waals surface area contributed by atoms with Crippen LogP contribution in [0.25, 0.3) is 0 Å². The number of fused-ring (bicyclic) bond motifs is 1. The highest BCUT2D eigenvalue weighted by Crippen LogP contribution is 2.26. The zero-order valence-corrected chi connectivity index (χ0v) is 8.79. The summed E-state index contributed by atoms with van der Waals surface area (Å²) in [5, 5.41) is 6.89. The molecule has 2 aliphatic heterocycles. The molecule has 79 valence electrons. The van der Waals surface area contributed by atoms with E-state index in [1.54, 1.807) is 0 Å². The van der Waals surface area contributed by atoms with Gasteiger partial charge in [-0.25, -0.2) is 0 Å². The summed E-state index contributed by atoms with van der Waals surface area (Å²) in [6, 6.07) is 8.65. The second-order valence-electron chi connectivity index (χ2n) is 4.10. The summed E-state index contributed by atoms with van der Waals surface area (Å²) < 4.78 is 0. The summed E-state index contributed by atoms with van der Waals surface area (Å²) in [5.74, 6) is 0. The molecule has 0 unspecified atom stereocenters. The predicted octanol–water partition coefficient (Wildman–Crippen LogP) is 0.533. The van der Waals surface area contributed by atoms with Crippen LogP contribution >= 0.6 is 0 Å². The second-order valence-corrected chi connectivity index (χ2v) is 4.10. The lowest BCUT2D eigenvalue weighted by Gasteiger charge is -2.32. The molecule has 1 fully saturated rings. The first-order chi connectivity index (χ1) is 7.45. The minimum absolute atomic E-state index is 0.982. The van der Waals surface area contributed by atoms with Gasteiger partial charge < -0.3 is 5.32 Å². The fourth-order valence-electron chi connectivity index (χ4n) is 2.35. The van der Waals surface area contributed by atoms with E-state index < -0.39 is 0 Å². The maximum atomic E-state index is 3.51. The number of hydrogen-bond acceptors (Lipinski definition) is 3. The van der Waals surface area contributed by atoms with Gasteiger partial charge in [0.15, 0.2) is 0 Å². The van der Waals surface area contributed by atoms with Gasteiger partial charge in [0.05, 0.1) is 0 Å². The molecule has 0 atom stereocenters. The van der Waals surface area contributed by atoms with E-state index in [2.05, 4.69) is 39.8 Å². The van der Waals surface area contributed by atoms with Gasteiger partial charge in [-0.2, -0.15) is 0 Å². The molecule has 0 saturated carbocycles. The largest absolute Gasteiger partial charge is 0.314 e. The van der Waals surface area contributed by atoms with Crippen molar-refractivity contribution >= 4 is 0 Å². The minimum atomic E-state index is 0.982. The molecule has 1 radical (unpaired) electrons. The van der Waals surface area contributed by atoms with Crippen LogP contribution in [-0.4, -0.2) is 31.1 Å². The Morgan fingerprint density at radius 2 is 1.87 bits per heavy atom. The highest BCUT2D eigenvalue weighted by atomic mass is 15.3. The van der Waals surface area contributed by atoms with Crippen LogP contribution in [0, 0.1) is 6.17 Å². The molecule has 1 aromatic carbocycles. The molecule has 1 saturated heterocycles. The van der Waals surface area contributed by atoms with Gasteiger partial charge in [0.25, 0.3) is 0 Å². The lowest BCUT2D eigenvalue weighted by Crippen LogP contribution is -2.47. The summed E-state index contributed by atoms with van der Waals surface area (Å²) in [6.07, 6.45) is 1.33. The van der Waals surface area contributed by atoms with Crippen molar-refractivity contribution in [2.24, 2.45) is 0 Å². The van der Waals surface area contributed by atoms with Crippen LogP contribution in [0.3, 0.4) is 0 Å². The average Bonchev–Trinajstić information content (AvgIpc) is 2.74. The van der Waals surface area contributed by atoms with Crippen LogP contribution in [0.2, 0.25) is 0 Å². The highest BCUT2D eigenvalue weighted by molar-refractivity contribution is 5.41. The number of nitrogens with zero attached hydrogens (tertiary/aromatic N) is 1. The van der Waals surface area contributed by atoms with Crippen molar-refractivity contribution in [1.29, 1.82) is 0 Å². The predicted molar refractivity (Wildman–Crippen MR) is 60.1 cm³/mol. The average molecular weight is 202 g/mol. The van der Waals surface area contributed by atoms with Gasteiger partial charge in [-0.3, -0.25) is 10.2 Å². The Bertz CT molecular complexity index is 344. The van der Waals surface area contributed by atoms with E-state index >= 15 is 0 Å². The Kier molecular flexibility index (Phi) is 2.44. The smallest absolute Gasteiger partial charge is 0.135 e. The van der Waals surface area contributed by atoms with Crippen LogP contribution in [-0.2, 0) is 6.54 Å². The molecule has 3 nitrogen and oxygen atoms in total. The van der Waals surface area contributed by atoms with E-state index in [0.29, 0.717) is 0 Å². The Morgan fingerprint density at radius 3 is 2.73 bits per heavy atom. The summed E-state index contributed by atoms with van der Waals surface area (Å²) in [4.78, 5) is 2.45. The summed E-state index contributed by atoms with van der Waals surface area (Å²) >= 11 is 0. The van der Waals surface area contributed by atoms with Gasteiger partial charge in [-0.1, -0.05) is 24.3 Å². The molecule has 2 N–H and O–H groups in total. The topological polar surface area (TPSA) is 27.3 Å². The van der Waals surface area contributed by atoms with Crippen molar-refractivity contribution in [1.82, 2.24) is 15.5 Å². The van der Waals surface area contributed by atoms with Crippen molar-refractivity contribution in [2.75, 3.05) is 26.2 Å². The van der Waals surface area contributed by atoms with Crippen LogP contribution < -0.4 is 10.6 Å². The van der Waals surface area contributed by atoms with Crippen LogP contribution in [0.4, 0.5) is 0 Å². The number of piperazine rings is 1. The highest BCUT2D eigenvalue weighted by Gasteiger charge is 2.28. The third kappa shape index (κ3) is 1.67. The Hall–Kier alpha value is -0.900. The maximum absolute atomic E-state index is 3.51. The first kappa shape index (κ1) is 9.33. The van der Waals surface area contributed by atoms with Gasteiger partial charge in [-0.05, 0) is 11.1 Å². The number of rotatable bonds is 1. The Balaban J connectivity index is 1.83. The molecule has 15 heavy (non-hydrogen) atoms. The Morgan fingerprint density at radius 1 is 1.07 bits per heavy atom. The molecule has 0 bridgehead atoms. The van der Waals surface area contributed by atoms with E-state index in [0.717, 1.165) is 32.7 Å². The second kappa shape index (κ2) is 3.93. The quantitative estimate of drug-likeness (QED) is 0.696. The van der Waals surface area contributed by atoms with E-state index in [1.807, 2.05) is 0 Å². The third-order valence-corrected chi connectivity index (χ3v) is 3.15. The summed E-state index contributed by atoms with van der Waals surface area (Å²) in [7, 11) is 0. The molecule has 0 aliphatic carbocycles. The molecule has 0 amide bonds. The van der Waals surface area contributed by atoms with Crippen molar-refractivity contribution in [3.63, 3.8) is 0 Å². The molecule has 0 spiro atoms.